The van der Waals surface area contributed by atoms with E-state index >= 15 is 0 Å². The average molecular weight is 623 g/mol. The summed E-state index contributed by atoms with van der Waals surface area (Å²) in [5.41, 5.74) is 0.852. The number of aliphatic hydroxyl groups excluding tert-OH is 3. The van der Waals surface area contributed by atoms with Gasteiger partial charge in [-0.3, -0.25) is 0 Å². The second kappa shape index (κ2) is 21.7. The molecule has 8 atom stereocenters. The van der Waals surface area contributed by atoms with Crippen molar-refractivity contribution in [3.05, 3.63) is 11.6 Å². The molecule has 7 nitrogen and oxygen atoms in total. The zero-order valence-corrected chi connectivity index (χ0v) is 28.1. The minimum atomic E-state index is -0.609. The number of carbonyl (C=O) groups excluding carboxylic acids is 1. The molecule has 7 heteroatoms. The second-order valence-corrected chi connectivity index (χ2v) is 14.0. The van der Waals surface area contributed by atoms with Crippen molar-refractivity contribution in [3.8, 4) is 0 Å². The van der Waals surface area contributed by atoms with Gasteiger partial charge in [-0.15, -0.1) is 0 Å². The SMILES string of the molecule is CCCCCCCCCC[C@H](O)[C@H]1CC[C@H]([C@H](O)CC[C@H](O)C2CC[C@@H](CCCCCCCCCC3=C[C@H](C)OC3=O)O2)O1. The fraction of sp³-hybridized carbons (Fsp3) is 0.919. The third-order valence-corrected chi connectivity index (χ3v) is 10.1. The predicted octanol–water partition coefficient (Wildman–Crippen LogP) is 7.86. The first-order valence-electron chi connectivity index (χ1n) is 18.6. The summed E-state index contributed by atoms with van der Waals surface area (Å²) in [7, 11) is 0. The number of rotatable bonds is 25. The Labute approximate surface area is 268 Å². The van der Waals surface area contributed by atoms with E-state index in [2.05, 4.69) is 6.92 Å². The predicted molar refractivity (Wildman–Crippen MR) is 175 cm³/mol. The highest BCUT2D eigenvalue weighted by molar-refractivity contribution is 5.90. The van der Waals surface area contributed by atoms with Crippen molar-refractivity contribution >= 4 is 5.97 Å². The van der Waals surface area contributed by atoms with Crippen LogP contribution in [0.2, 0.25) is 0 Å². The Balaban J connectivity index is 1.15. The molecule has 3 aliphatic rings. The molecule has 0 saturated carbocycles. The topological polar surface area (TPSA) is 105 Å². The summed E-state index contributed by atoms with van der Waals surface area (Å²) in [6.45, 7) is 4.15. The molecule has 3 N–H and O–H groups in total. The zero-order valence-electron chi connectivity index (χ0n) is 28.1. The lowest BCUT2D eigenvalue weighted by Gasteiger charge is -2.24. The van der Waals surface area contributed by atoms with Gasteiger partial charge in [0.1, 0.15) is 6.10 Å². The molecule has 1 unspecified atom stereocenters. The lowest BCUT2D eigenvalue weighted by molar-refractivity contribution is -0.139. The first-order chi connectivity index (χ1) is 21.4. The van der Waals surface area contributed by atoms with E-state index in [4.69, 9.17) is 14.2 Å². The van der Waals surface area contributed by atoms with E-state index in [9.17, 15) is 20.1 Å². The van der Waals surface area contributed by atoms with E-state index in [1.165, 1.54) is 70.6 Å². The van der Waals surface area contributed by atoms with Gasteiger partial charge in [0.05, 0.1) is 42.7 Å². The molecule has 3 heterocycles. The molecule has 0 aromatic rings. The van der Waals surface area contributed by atoms with Gasteiger partial charge < -0.3 is 29.5 Å². The molecule has 0 bridgehead atoms. The van der Waals surface area contributed by atoms with Crippen LogP contribution in [0.3, 0.4) is 0 Å². The Morgan fingerprint density at radius 1 is 0.659 bits per heavy atom. The first-order valence-corrected chi connectivity index (χ1v) is 18.6. The van der Waals surface area contributed by atoms with Crippen LogP contribution in [0.25, 0.3) is 0 Å². The smallest absolute Gasteiger partial charge is 0.334 e. The van der Waals surface area contributed by atoms with E-state index in [0.717, 1.165) is 76.2 Å². The monoisotopic (exact) mass is 622 g/mol. The Morgan fingerprint density at radius 3 is 1.75 bits per heavy atom. The number of hydrogen-bond donors (Lipinski definition) is 3. The number of ether oxygens (including phenoxy) is 3. The van der Waals surface area contributed by atoms with Gasteiger partial charge in [0.15, 0.2) is 0 Å². The minimum Gasteiger partial charge on any atom is -0.455 e. The molecule has 44 heavy (non-hydrogen) atoms. The summed E-state index contributed by atoms with van der Waals surface area (Å²) >= 11 is 0. The second-order valence-electron chi connectivity index (χ2n) is 14.0. The van der Waals surface area contributed by atoms with Crippen LogP contribution in [0.15, 0.2) is 11.6 Å². The van der Waals surface area contributed by atoms with E-state index < -0.39 is 18.3 Å². The molecule has 3 rings (SSSR count). The molecular weight excluding hydrogens is 556 g/mol. The van der Waals surface area contributed by atoms with Gasteiger partial charge in [-0.25, -0.2) is 4.79 Å². The first kappa shape index (κ1) is 37.5. The van der Waals surface area contributed by atoms with Crippen LogP contribution >= 0.6 is 0 Å². The quantitative estimate of drug-likeness (QED) is 0.0703. The summed E-state index contributed by atoms with van der Waals surface area (Å²) < 4.78 is 17.4. The number of aliphatic hydroxyl groups is 3. The van der Waals surface area contributed by atoms with Crippen LogP contribution in [-0.4, -0.2) is 70.1 Å². The van der Waals surface area contributed by atoms with Gasteiger partial charge in [-0.05, 0) is 77.2 Å². The van der Waals surface area contributed by atoms with Crippen LogP contribution in [0.4, 0.5) is 0 Å². The highest BCUT2D eigenvalue weighted by Gasteiger charge is 2.36. The maximum atomic E-state index is 11.7. The normalized spacial score (nSPS) is 27.4. The number of esters is 1. The fourth-order valence-corrected chi connectivity index (χ4v) is 7.26. The zero-order chi connectivity index (χ0) is 31.6. The number of carbonyl (C=O) groups is 1. The minimum absolute atomic E-state index is 0.0617. The van der Waals surface area contributed by atoms with Crippen molar-refractivity contribution in [2.24, 2.45) is 0 Å². The Kier molecular flexibility index (Phi) is 18.5. The van der Waals surface area contributed by atoms with Crippen molar-refractivity contribution in [3.63, 3.8) is 0 Å². The lowest BCUT2D eigenvalue weighted by atomic mass is 9.98. The van der Waals surface area contributed by atoms with E-state index in [0.29, 0.717) is 12.8 Å². The summed E-state index contributed by atoms with van der Waals surface area (Å²) in [6.07, 6.45) is 25.4. The van der Waals surface area contributed by atoms with Crippen molar-refractivity contribution in [2.75, 3.05) is 0 Å². The third-order valence-electron chi connectivity index (χ3n) is 10.1. The van der Waals surface area contributed by atoms with E-state index in [1.807, 2.05) is 13.0 Å². The molecule has 0 radical (unpaired) electrons. The highest BCUT2D eigenvalue weighted by atomic mass is 16.5. The van der Waals surface area contributed by atoms with Gasteiger partial charge in [0, 0.05) is 5.57 Å². The Morgan fingerprint density at radius 2 is 1.16 bits per heavy atom. The molecule has 0 amide bonds. The number of unbranched alkanes of at least 4 members (excludes halogenated alkanes) is 13. The molecule has 2 saturated heterocycles. The van der Waals surface area contributed by atoms with E-state index in [1.54, 1.807) is 0 Å². The number of cyclic esters (lactones) is 1. The summed E-state index contributed by atoms with van der Waals surface area (Å²) in [5, 5.41) is 32.1. The molecule has 0 aromatic heterocycles. The van der Waals surface area contributed by atoms with Crippen molar-refractivity contribution in [2.45, 2.75) is 217 Å². The maximum Gasteiger partial charge on any atom is 0.334 e. The average Bonchev–Trinajstić information content (AvgIpc) is 3.76. The summed E-state index contributed by atoms with van der Waals surface area (Å²) in [6, 6.07) is 0. The van der Waals surface area contributed by atoms with Crippen LogP contribution in [0, 0.1) is 0 Å². The molecule has 0 aromatic carbocycles. The largest absolute Gasteiger partial charge is 0.455 e. The summed E-state index contributed by atoms with van der Waals surface area (Å²) in [5.74, 6) is -0.133. The van der Waals surface area contributed by atoms with Crippen molar-refractivity contribution in [1.29, 1.82) is 0 Å². The van der Waals surface area contributed by atoms with Gasteiger partial charge in [0.25, 0.3) is 0 Å². The van der Waals surface area contributed by atoms with Crippen LogP contribution < -0.4 is 0 Å². The summed E-state index contributed by atoms with van der Waals surface area (Å²) in [4.78, 5) is 11.7. The van der Waals surface area contributed by atoms with Gasteiger partial charge in [0.2, 0.25) is 0 Å². The molecule has 256 valence electrons. The van der Waals surface area contributed by atoms with E-state index in [-0.39, 0.29) is 36.5 Å². The van der Waals surface area contributed by atoms with Crippen molar-refractivity contribution < 1.29 is 34.3 Å². The molecule has 2 fully saturated rings. The van der Waals surface area contributed by atoms with Gasteiger partial charge >= 0.3 is 5.97 Å². The van der Waals surface area contributed by atoms with Gasteiger partial charge in [-0.2, -0.15) is 0 Å². The van der Waals surface area contributed by atoms with Crippen LogP contribution in [-0.2, 0) is 19.0 Å². The highest BCUT2D eigenvalue weighted by Crippen LogP contribution is 2.31. The maximum absolute atomic E-state index is 11.7. The van der Waals surface area contributed by atoms with Crippen molar-refractivity contribution in [1.82, 2.24) is 0 Å². The lowest BCUT2D eigenvalue weighted by Crippen LogP contribution is -2.33. The molecule has 0 aliphatic carbocycles. The van der Waals surface area contributed by atoms with Crippen LogP contribution in [0.1, 0.15) is 168 Å². The fourth-order valence-electron chi connectivity index (χ4n) is 7.26. The molecular formula is C37H66O7. The third kappa shape index (κ3) is 14.2. The molecule has 3 aliphatic heterocycles. The Hall–Kier alpha value is -0.990. The van der Waals surface area contributed by atoms with Crippen LogP contribution in [0.5, 0.6) is 0 Å². The van der Waals surface area contributed by atoms with Gasteiger partial charge in [-0.1, -0.05) is 96.8 Å². The number of hydrogen-bond acceptors (Lipinski definition) is 7. The standard InChI is InChI=1S/C37H66O7/c1-3-4-5-6-7-11-14-17-20-31(38)35-25-26-36(44-35)33(40)23-22-32(39)34-24-21-30(43-34)19-16-13-10-8-9-12-15-18-29-27-28(2)42-37(29)41/h27-28,30-36,38-40H,3-26H2,1-2H3/t28-,30+,31-,32-,33+,34?,35+,36+/m0/s1. The molecule has 0 spiro atoms. The Bertz CT molecular complexity index is 801.